The molecule has 1 atom stereocenters. The fourth-order valence-electron chi connectivity index (χ4n) is 8.06. The highest BCUT2D eigenvalue weighted by Gasteiger charge is 2.43. The number of aromatic amines is 1. The summed E-state index contributed by atoms with van der Waals surface area (Å²) in [4.78, 5) is 3.67. The zero-order valence-corrected chi connectivity index (χ0v) is 25.9. The van der Waals surface area contributed by atoms with E-state index in [-0.39, 0.29) is 0 Å². The molecule has 0 saturated heterocycles. The minimum absolute atomic E-state index is 0.469. The van der Waals surface area contributed by atoms with Crippen LogP contribution >= 0.6 is 0 Å². The standard InChI is InChI=1S/C44H30N2O/c1-44(30-14-6-3-7-15-30)34-24-26-38-41(43(34)47-39-27-25-36-40(42(39)44)32-16-8-10-18-35(32)45-36)33-17-9-11-19-37(33)46(38)31-22-20-29(21-23-31)28-12-4-2-5-13-28/h2-27,45H,1H3. The predicted molar refractivity (Wildman–Crippen MR) is 194 cm³/mol. The molecule has 1 aliphatic rings. The van der Waals surface area contributed by atoms with Crippen molar-refractivity contribution in [1.29, 1.82) is 0 Å². The van der Waals surface area contributed by atoms with Crippen LogP contribution in [-0.2, 0) is 5.41 Å². The highest BCUT2D eigenvalue weighted by Crippen LogP contribution is 2.57. The summed E-state index contributed by atoms with van der Waals surface area (Å²) in [6, 6.07) is 56.6. The van der Waals surface area contributed by atoms with Crippen LogP contribution in [0, 0.1) is 0 Å². The normalized spacial score (nSPS) is 15.6. The van der Waals surface area contributed by atoms with Gasteiger partial charge in [-0.15, -0.1) is 0 Å². The summed E-state index contributed by atoms with van der Waals surface area (Å²) in [5.41, 5.74) is 11.2. The third-order valence-electron chi connectivity index (χ3n) is 10.3. The number of H-pyrrole nitrogens is 1. The second kappa shape index (κ2) is 9.72. The monoisotopic (exact) mass is 602 g/mol. The first kappa shape index (κ1) is 26.2. The van der Waals surface area contributed by atoms with E-state index >= 15 is 0 Å². The van der Waals surface area contributed by atoms with Crippen LogP contribution in [-0.4, -0.2) is 9.55 Å². The Kier molecular flexibility index (Phi) is 5.41. The lowest BCUT2D eigenvalue weighted by Gasteiger charge is -2.39. The lowest BCUT2D eigenvalue weighted by molar-refractivity contribution is 0.435. The molecule has 0 amide bonds. The van der Waals surface area contributed by atoms with Gasteiger partial charge in [-0.3, -0.25) is 0 Å². The first-order valence-corrected chi connectivity index (χ1v) is 16.2. The molecule has 1 N–H and O–H groups in total. The van der Waals surface area contributed by atoms with Crippen molar-refractivity contribution in [2.24, 2.45) is 0 Å². The SMILES string of the molecule is CC1(c2ccccc2)c2ccc3c(c2Oc2ccc4[nH]c5ccccc5c4c21)c1ccccc1n3-c1ccc(-c2ccccc2)cc1. The molecular weight excluding hydrogens is 572 g/mol. The van der Waals surface area contributed by atoms with Crippen LogP contribution in [0.4, 0.5) is 0 Å². The Balaban J connectivity index is 1.27. The van der Waals surface area contributed by atoms with E-state index in [9.17, 15) is 0 Å². The van der Waals surface area contributed by atoms with E-state index in [0.29, 0.717) is 0 Å². The van der Waals surface area contributed by atoms with Gasteiger partial charge in [-0.05, 0) is 66.1 Å². The van der Waals surface area contributed by atoms with E-state index in [1.54, 1.807) is 0 Å². The average Bonchev–Trinajstić information content (AvgIpc) is 3.68. The number of nitrogens with zero attached hydrogens (tertiary/aromatic N) is 1. The summed E-state index contributed by atoms with van der Waals surface area (Å²) in [5, 5.41) is 4.75. The highest BCUT2D eigenvalue weighted by atomic mass is 16.5. The van der Waals surface area contributed by atoms with Gasteiger partial charge in [-0.2, -0.15) is 0 Å². The topological polar surface area (TPSA) is 29.9 Å². The van der Waals surface area contributed by atoms with Crippen LogP contribution < -0.4 is 4.74 Å². The second-order valence-electron chi connectivity index (χ2n) is 12.7. The quantitative estimate of drug-likeness (QED) is 0.214. The number of hydrogen-bond donors (Lipinski definition) is 1. The van der Waals surface area contributed by atoms with Gasteiger partial charge in [0.1, 0.15) is 11.5 Å². The van der Waals surface area contributed by atoms with Crippen molar-refractivity contribution in [2.45, 2.75) is 12.3 Å². The van der Waals surface area contributed by atoms with Gasteiger partial charge in [0.25, 0.3) is 0 Å². The van der Waals surface area contributed by atoms with Gasteiger partial charge in [-0.25, -0.2) is 0 Å². The van der Waals surface area contributed by atoms with Gasteiger partial charge < -0.3 is 14.3 Å². The Morgan fingerprint density at radius 3 is 2.02 bits per heavy atom. The summed E-state index contributed by atoms with van der Waals surface area (Å²) in [6.45, 7) is 2.37. The van der Waals surface area contributed by atoms with Crippen molar-refractivity contribution in [3.8, 4) is 28.3 Å². The van der Waals surface area contributed by atoms with Crippen LogP contribution in [0.1, 0.15) is 23.6 Å². The summed E-state index contributed by atoms with van der Waals surface area (Å²) >= 11 is 0. The van der Waals surface area contributed by atoms with Crippen molar-refractivity contribution in [3.05, 3.63) is 174 Å². The number of hydrogen-bond acceptors (Lipinski definition) is 1. The molecule has 0 bridgehead atoms. The van der Waals surface area contributed by atoms with E-state index in [4.69, 9.17) is 4.74 Å². The van der Waals surface area contributed by atoms with E-state index in [2.05, 4.69) is 174 Å². The molecule has 0 aliphatic carbocycles. The van der Waals surface area contributed by atoms with Crippen LogP contribution in [0.2, 0.25) is 0 Å². The van der Waals surface area contributed by atoms with E-state index in [0.717, 1.165) is 44.6 Å². The third kappa shape index (κ3) is 3.62. The molecule has 10 rings (SSSR count). The smallest absolute Gasteiger partial charge is 0.141 e. The predicted octanol–water partition coefficient (Wildman–Crippen LogP) is 11.5. The fraction of sp³-hybridized carbons (Fsp3) is 0.0455. The molecule has 0 spiro atoms. The lowest BCUT2D eigenvalue weighted by atomic mass is 9.68. The number of aromatic nitrogens is 2. The van der Waals surface area contributed by atoms with Crippen LogP contribution in [0.3, 0.4) is 0 Å². The van der Waals surface area contributed by atoms with Crippen molar-refractivity contribution >= 4 is 43.6 Å². The first-order valence-electron chi connectivity index (χ1n) is 16.2. The molecule has 7 aromatic carbocycles. The number of ether oxygens (including phenoxy) is 1. The van der Waals surface area contributed by atoms with Gasteiger partial charge in [0, 0.05) is 44.0 Å². The van der Waals surface area contributed by atoms with Crippen LogP contribution in [0.25, 0.3) is 60.4 Å². The summed E-state index contributed by atoms with van der Waals surface area (Å²) in [6.07, 6.45) is 0. The zero-order chi connectivity index (χ0) is 31.1. The van der Waals surface area contributed by atoms with Gasteiger partial charge in [0.15, 0.2) is 0 Å². The van der Waals surface area contributed by atoms with E-state index in [1.807, 2.05) is 0 Å². The number of para-hydroxylation sites is 2. The molecular formula is C44H30N2O. The van der Waals surface area contributed by atoms with Gasteiger partial charge >= 0.3 is 0 Å². The van der Waals surface area contributed by atoms with Gasteiger partial charge in [0.2, 0.25) is 0 Å². The Morgan fingerprint density at radius 2 is 1.21 bits per heavy atom. The second-order valence-corrected chi connectivity index (χ2v) is 12.7. The maximum absolute atomic E-state index is 7.14. The average molecular weight is 603 g/mol. The van der Waals surface area contributed by atoms with E-state index in [1.165, 1.54) is 44.0 Å². The number of rotatable bonds is 3. The molecule has 0 fully saturated rings. The molecule has 3 nitrogen and oxygen atoms in total. The minimum Gasteiger partial charge on any atom is -0.456 e. The van der Waals surface area contributed by atoms with Gasteiger partial charge in [0.05, 0.1) is 21.8 Å². The molecule has 0 radical (unpaired) electrons. The Labute approximate surface area is 272 Å². The summed E-state index contributed by atoms with van der Waals surface area (Å²) < 4.78 is 9.52. The molecule has 1 unspecified atom stereocenters. The Bertz CT molecular complexity index is 2650. The zero-order valence-electron chi connectivity index (χ0n) is 25.9. The summed E-state index contributed by atoms with van der Waals surface area (Å²) in [7, 11) is 0. The third-order valence-corrected chi connectivity index (χ3v) is 10.3. The highest BCUT2D eigenvalue weighted by molar-refractivity contribution is 6.15. The molecule has 3 heterocycles. The van der Waals surface area contributed by atoms with Crippen LogP contribution in [0.5, 0.6) is 11.5 Å². The van der Waals surface area contributed by atoms with Crippen molar-refractivity contribution in [3.63, 3.8) is 0 Å². The van der Waals surface area contributed by atoms with Crippen molar-refractivity contribution in [2.75, 3.05) is 0 Å². The first-order chi connectivity index (χ1) is 23.2. The molecule has 9 aromatic rings. The maximum atomic E-state index is 7.14. The van der Waals surface area contributed by atoms with Crippen molar-refractivity contribution < 1.29 is 4.74 Å². The minimum atomic E-state index is -0.469. The maximum Gasteiger partial charge on any atom is 0.141 e. The van der Waals surface area contributed by atoms with Crippen molar-refractivity contribution in [1.82, 2.24) is 9.55 Å². The number of nitrogens with one attached hydrogen (secondary N) is 1. The molecule has 3 heteroatoms. The van der Waals surface area contributed by atoms with Gasteiger partial charge in [-0.1, -0.05) is 115 Å². The molecule has 0 saturated carbocycles. The largest absolute Gasteiger partial charge is 0.456 e. The number of benzene rings is 7. The molecule has 222 valence electrons. The summed E-state index contributed by atoms with van der Waals surface area (Å²) in [5.74, 6) is 1.83. The van der Waals surface area contributed by atoms with Crippen LogP contribution in [0.15, 0.2) is 158 Å². The molecule has 1 aliphatic heterocycles. The lowest BCUT2D eigenvalue weighted by Crippen LogP contribution is -2.29. The van der Waals surface area contributed by atoms with E-state index < -0.39 is 5.41 Å². The fourth-order valence-corrected chi connectivity index (χ4v) is 8.06. The number of fused-ring (bicyclic) bond motifs is 10. The Morgan fingerprint density at radius 1 is 0.532 bits per heavy atom. The Hall–Kier alpha value is -6.06. The molecule has 47 heavy (non-hydrogen) atoms. The molecule has 2 aromatic heterocycles.